The van der Waals surface area contributed by atoms with Crippen LogP contribution >= 0.6 is 0 Å². The average molecular weight is 304 g/mol. The molecule has 0 aliphatic carbocycles. The highest BCUT2D eigenvalue weighted by Gasteiger charge is 2.08. The van der Waals surface area contributed by atoms with Crippen molar-refractivity contribution in [3.05, 3.63) is 0 Å². The molecule has 126 valence electrons. The predicted molar refractivity (Wildman–Crippen MR) is 82.2 cm³/mol. The summed E-state index contributed by atoms with van der Waals surface area (Å²) in [5, 5.41) is 17.5. The summed E-state index contributed by atoms with van der Waals surface area (Å²) in [5.41, 5.74) is 0. The van der Waals surface area contributed by atoms with E-state index in [9.17, 15) is 4.79 Å². The highest BCUT2D eigenvalue weighted by molar-refractivity contribution is 5.59. The molecule has 0 heterocycles. The quantitative estimate of drug-likeness (QED) is 0.380. The maximum absolute atomic E-state index is 11.1. The van der Waals surface area contributed by atoms with Gasteiger partial charge in [0.2, 0.25) is 0 Å². The molecule has 0 bridgehead atoms. The second kappa shape index (κ2) is 15.6. The molecule has 0 rings (SSSR count). The lowest BCUT2D eigenvalue weighted by molar-refractivity contribution is 0.000383. The summed E-state index contributed by atoms with van der Waals surface area (Å²) in [7, 11) is 0. The van der Waals surface area contributed by atoms with Crippen molar-refractivity contribution in [2.45, 2.75) is 77.2 Å². The summed E-state index contributed by atoms with van der Waals surface area (Å²) in [5.74, 6) is 0. The van der Waals surface area contributed by atoms with Crippen LogP contribution in [0.2, 0.25) is 0 Å². The van der Waals surface area contributed by atoms with Gasteiger partial charge >= 0.3 is 6.16 Å². The van der Waals surface area contributed by atoms with Crippen molar-refractivity contribution in [1.82, 2.24) is 0 Å². The highest BCUT2D eigenvalue weighted by atomic mass is 16.7. The molecule has 0 radical (unpaired) electrons. The van der Waals surface area contributed by atoms with Gasteiger partial charge < -0.3 is 19.7 Å². The standard InChI is InChI=1S/C16H32O5/c1-2-3-4-5-6-7-8-9-10-11-12-20-16(19)21-14-15(18)13-17/h15,17-18H,2-14H2,1H3. The summed E-state index contributed by atoms with van der Waals surface area (Å²) in [6.45, 7) is 1.93. The molecule has 1 unspecified atom stereocenters. The lowest BCUT2D eigenvalue weighted by Gasteiger charge is -2.08. The van der Waals surface area contributed by atoms with Gasteiger partial charge in [-0.3, -0.25) is 0 Å². The van der Waals surface area contributed by atoms with Gasteiger partial charge in [-0.05, 0) is 6.42 Å². The smallest absolute Gasteiger partial charge is 0.434 e. The van der Waals surface area contributed by atoms with E-state index in [0.29, 0.717) is 6.61 Å². The third kappa shape index (κ3) is 15.4. The van der Waals surface area contributed by atoms with Gasteiger partial charge in [-0.2, -0.15) is 0 Å². The first-order valence-electron chi connectivity index (χ1n) is 8.29. The number of aliphatic hydroxyl groups excluding tert-OH is 2. The maximum atomic E-state index is 11.1. The van der Waals surface area contributed by atoms with Crippen LogP contribution < -0.4 is 0 Å². The fourth-order valence-corrected chi connectivity index (χ4v) is 2.00. The Morgan fingerprint density at radius 2 is 1.43 bits per heavy atom. The van der Waals surface area contributed by atoms with E-state index in [0.717, 1.165) is 12.8 Å². The minimum absolute atomic E-state index is 0.229. The molecule has 0 aliphatic rings. The van der Waals surface area contributed by atoms with Crippen molar-refractivity contribution < 1.29 is 24.5 Å². The summed E-state index contributed by atoms with van der Waals surface area (Å²) < 4.78 is 9.47. The Morgan fingerprint density at radius 3 is 1.95 bits per heavy atom. The lowest BCUT2D eigenvalue weighted by atomic mass is 10.1. The molecule has 0 aromatic heterocycles. The third-order valence-electron chi connectivity index (χ3n) is 3.32. The van der Waals surface area contributed by atoms with Crippen LogP contribution in [0.4, 0.5) is 4.79 Å². The number of hydrogen-bond acceptors (Lipinski definition) is 5. The molecule has 0 aromatic carbocycles. The van der Waals surface area contributed by atoms with Gasteiger partial charge in [0.15, 0.2) is 0 Å². The number of unbranched alkanes of at least 4 members (excludes halogenated alkanes) is 9. The van der Waals surface area contributed by atoms with Crippen molar-refractivity contribution in [2.24, 2.45) is 0 Å². The van der Waals surface area contributed by atoms with Crippen molar-refractivity contribution >= 4 is 6.16 Å². The van der Waals surface area contributed by atoms with E-state index in [-0.39, 0.29) is 6.61 Å². The zero-order valence-corrected chi connectivity index (χ0v) is 13.4. The Balaban J connectivity index is 3.16. The minimum atomic E-state index is -1.03. The van der Waals surface area contributed by atoms with E-state index >= 15 is 0 Å². The van der Waals surface area contributed by atoms with E-state index in [2.05, 4.69) is 11.7 Å². The van der Waals surface area contributed by atoms with Crippen molar-refractivity contribution in [2.75, 3.05) is 19.8 Å². The summed E-state index contributed by atoms with van der Waals surface area (Å²) in [6, 6.07) is 0. The molecule has 5 heteroatoms. The van der Waals surface area contributed by atoms with Gasteiger partial charge in [0.25, 0.3) is 0 Å². The van der Waals surface area contributed by atoms with Crippen LogP contribution in [-0.2, 0) is 9.47 Å². The number of carbonyl (C=O) groups excluding carboxylic acids is 1. The van der Waals surface area contributed by atoms with Crippen molar-refractivity contribution in [3.8, 4) is 0 Å². The number of aliphatic hydroxyl groups is 2. The molecule has 0 saturated heterocycles. The highest BCUT2D eigenvalue weighted by Crippen LogP contribution is 2.10. The second-order valence-electron chi connectivity index (χ2n) is 5.43. The monoisotopic (exact) mass is 304 g/mol. The van der Waals surface area contributed by atoms with Gasteiger partial charge in [0, 0.05) is 0 Å². The Kier molecular flexibility index (Phi) is 15.0. The van der Waals surface area contributed by atoms with E-state index in [4.69, 9.17) is 14.9 Å². The second-order valence-corrected chi connectivity index (χ2v) is 5.43. The number of carbonyl (C=O) groups is 1. The summed E-state index contributed by atoms with van der Waals surface area (Å²) in [4.78, 5) is 11.1. The molecule has 0 fully saturated rings. The molecule has 0 saturated carbocycles. The van der Waals surface area contributed by atoms with Gasteiger partial charge in [-0.1, -0.05) is 64.7 Å². The first kappa shape index (κ1) is 20.2. The summed E-state index contributed by atoms with van der Waals surface area (Å²) in [6.07, 6.45) is 10.5. The number of hydrogen-bond donors (Lipinski definition) is 2. The number of ether oxygens (including phenoxy) is 2. The SMILES string of the molecule is CCCCCCCCCCCCOC(=O)OCC(O)CO. The van der Waals surface area contributed by atoms with Crippen LogP contribution in [0.1, 0.15) is 71.1 Å². The zero-order valence-electron chi connectivity index (χ0n) is 13.4. The van der Waals surface area contributed by atoms with Gasteiger partial charge in [0.1, 0.15) is 12.7 Å². The molecule has 0 aromatic rings. The van der Waals surface area contributed by atoms with E-state index in [1.165, 1.54) is 51.4 Å². The number of rotatable bonds is 14. The Labute approximate surface area is 128 Å². The fourth-order valence-electron chi connectivity index (χ4n) is 2.00. The molecular formula is C16H32O5. The van der Waals surface area contributed by atoms with E-state index < -0.39 is 18.9 Å². The van der Waals surface area contributed by atoms with Gasteiger partial charge in [-0.25, -0.2) is 4.79 Å². The van der Waals surface area contributed by atoms with Crippen LogP contribution in [0.5, 0.6) is 0 Å². The molecular weight excluding hydrogens is 272 g/mol. The lowest BCUT2D eigenvalue weighted by Crippen LogP contribution is -2.22. The van der Waals surface area contributed by atoms with Gasteiger partial charge in [0.05, 0.1) is 13.2 Å². The van der Waals surface area contributed by atoms with Crippen molar-refractivity contribution in [3.63, 3.8) is 0 Å². The van der Waals surface area contributed by atoms with Crippen LogP contribution in [0, 0.1) is 0 Å². The normalized spacial score (nSPS) is 12.1. The fraction of sp³-hybridized carbons (Fsp3) is 0.938. The molecule has 0 amide bonds. The molecule has 21 heavy (non-hydrogen) atoms. The van der Waals surface area contributed by atoms with E-state index in [1.54, 1.807) is 0 Å². The Morgan fingerprint density at radius 1 is 0.905 bits per heavy atom. The Hall–Kier alpha value is -0.810. The Bertz CT molecular complexity index is 233. The van der Waals surface area contributed by atoms with Gasteiger partial charge in [-0.15, -0.1) is 0 Å². The molecule has 5 nitrogen and oxygen atoms in total. The topological polar surface area (TPSA) is 76.0 Å². The summed E-state index contributed by atoms with van der Waals surface area (Å²) >= 11 is 0. The van der Waals surface area contributed by atoms with Crippen LogP contribution in [0.25, 0.3) is 0 Å². The maximum Gasteiger partial charge on any atom is 0.508 e. The molecule has 2 N–H and O–H groups in total. The molecule has 0 aliphatic heterocycles. The average Bonchev–Trinajstić information content (AvgIpc) is 2.50. The first-order valence-corrected chi connectivity index (χ1v) is 8.29. The zero-order chi connectivity index (χ0) is 15.8. The van der Waals surface area contributed by atoms with E-state index in [1.807, 2.05) is 0 Å². The van der Waals surface area contributed by atoms with Crippen LogP contribution in [-0.4, -0.2) is 42.3 Å². The van der Waals surface area contributed by atoms with Crippen LogP contribution in [0.3, 0.4) is 0 Å². The molecule has 0 spiro atoms. The minimum Gasteiger partial charge on any atom is -0.434 e. The molecule has 1 atom stereocenters. The van der Waals surface area contributed by atoms with Crippen molar-refractivity contribution in [1.29, 1.82) is 0 Å². The predicted octanol–water partition coefficient (Wildman–Crippen LogP) is 3.41. The third-order valence-corrected chi connectivity index (χ3v) is 3.32. The van der Waals surface area contributed by atoms with Crippen LogP contribution in [0.15, 0.2) is 0 Å². The largest absolute Gasteiger partial charge is 0.508 e. The first-order chi connectivity index (χ1) is 10.2.